The number of nitrogens with zero attached hydrogens (tertiary/aromatic N) is 3. The molecule has 2 aromatic rings. The number of likely N-dealkylation sites (tertiary alicyclic amines) is 1. The highest BCUT2D eigenvalue weighted by Crippen LogP contribution is 2.25. The van der Waals surface area contributed by atoms with Crippen molar-refractivity contribution in [3.05, 3.63) is 29.8 Å². The molecular formula is C17H21N5O4S2. The number of hydrogen-bond donors (Lipinski definition) is 2. The van der Waals surface area contributed by atoms with E-state index < -0.39 is 10.0 Å². The van der Waals surface area contributed by atoms with E-state index in [-0.39, 0.29) is 27.0 Å². The van der Waals surface area contributed by atoms with E-state index in [1.807, 2.05) is 0 Å². The summed E-state index contributed by atoms with van der Waals surface area (Å²) in [5.41, 5.74) is 0.479. The van der Waals surface area contributed by atoms with Crippen LogP contribution in [0.3, 0.4) is 0 Å². The molecule has 0 saturated carbocycles. The predicted molar refractivity (Wildman–Crippen MR) is 106 cm³/mol. The summed E-state index contributed by atoms with van der Waals surface area (Å²) < 4.78 is 27.5. The molecule has 2 heterocycles. The van der Waals surface area contributed by atoms with Crippen LogP contribution >= 0.6 is 11.3 Å². The van der Waals surface area contributed by atoms with Crippen LogP contribution in [0.1, 0.15) is 43.0 Å². The second-order valence-corrected chi connectivity index (χ2v) is 9.25. The van der Waals surface area contributed by atoms with Gasteiger partial charge in [0.1, 0.15) is 0 Å². The quantitative estimate of drug-likeness (QED) is 0.712. The fourth-order valence-electron chi connectivity index (χ4n) is 2.91. The van der Waals surface area contributed by atoms with E-state index in [2.05, 4.69) is 20.2 Å². The number of carbonyl (C=O) groups is 2. The molecule has 1 aliphatic rings. The van der Waals surface area contributed by atoms with E-state index in [0.29, 0.717) is 18.7 Å². The number of hydrogen-bond acceptors (Lipinski definition) is 7. The summed E-state index contributed by atoms with van der Waals surface area (Å²) in [7, 11) is -4.05. The largest absolute Gasteiger partial charge is 0.339 e. The van der Waals surface area contributed by atoms with Crippen molar-refractivity contribution in [2.75, 3.05) is 23.1 Å². The first kappa shape index (κ1) is 20.2. The van der Waals surface area contributed by atoms with E-state index in [1.54, 1.807) is 29.2 Å². The first-order valence-electron chi connectivity index (χ1n) is 8.89. The van der Waals surface area contributed by atoms with Crippen LogP contribution in [0.15, 0.2) is 28.6 Å². The van der Waals surface area contributed by atoms with Gasteiger partial charge in [-0.2, -0.15) is 8.42 Å². The summed E-state index contributed by atoms with van der Waals surface area (Å²) in [5.74, 6) is -0.571. The summed E-state index contributed by atoms with van der Waals surface area (Å²) in [6.45, 7) is 2.62. The van der Waals surface area contributed by atoms with Crippen LogP contribution in [0.25, 0.3) is 0 Å². The monoisotopic (exact) mass is 423 g/mol. The Hall–Kier alpha value is -2.53. The average molecular weight is 424 g/mol. The molecule has 0 bridgehead atoms. The smallest absolute Gasteiger partial charge is 0.291 e. The van der Waals surface area contributed by atoms with E-state index in [1.165, 1.54) is 6.92 Å². The number of benzene rings is 1. The van der Waals surface area contributed by atoms with Gasteiger partial charge >= 0.3 is 0 Å². The third-order valence-corrected chi connectivity index (χ3v) is 6.79. The maximum absolute atomic E-state index is 12.9. The number of sulfonamides is 1. The van der Waals surface area contributed by atoms with Crippen LogP contribution in [0.5, 0.6) is 0 Å². The van der Waals surface area contributed by atoms with Crippen molar-refractivity contribution in [3.8, 4) is 0 Å². The summed E-state index contributed by atoms with van der Waals surface area (Å²) in [5, 5.41) is 9.75. The Balaban J connectivity index is 1.83. The number of carbonyl (C=O) groups excluding carboxylic acids is 2. The molecule has 9 nitrogen and oxygen atoms in total. The van der Waals surface area contributed by atoms with Crippen LogP contribution in [0, 0.1) is 0 Å². The standard InChI is InChI=1S/C17H21N5O4S2/c1-12(23)18-16-19-20-17(27-16)28(25,26)21-14-9-5-4-8-13(14)15(24)22-10-6-2-3-7-11-22/h4-5,8-9,21H,2-3,6-7,10-11H2,1H3,(H,18,19,23). The summed E-state index contributed by atoms with van der Waals surface area (Å²) in [6, 6.07) is 6.49. The topological polar surface area (TPSA) is 121 Å². The van der Waals surface area contributed by atoms with Crippen molar-refractivity contribution >= 4 is 44.0 Å². The average Bonchev–Trinajstić information content (AvgIpc) is 2.95. The lowest BCUT2D eigenvalue weighted by Gasteiger charge is -2.22. The normalized spacial score (nSPS) is 15.0. The summed E-state index contributed by atoms with van der Waals surface area (Å²) in [4.78, 5) is 25.8. The molecule has 11 heteroatoms. The Morgan fingerprint density at radius 3 is 2.43 bits per heavy atom. The zero-order chi connectivity index (χ0) is 20.1. The van der Waals surface area contributed by atoms with Gasteiger partial charge in [0.2, 0.25) is 11.0 Å². The molecule has 28 heavy (non-hydrogen) atoms. The van der Waals surface area contributed by atoms with Gasteiger partial charge in [0.15, 0.2) is 0 Å². The molecule has 1 aliphatic heterocycles. The molecule has 3 rings (SSSR count). The first-order valence-corrected chi connectivity index (χ1v) is 11.2. The lowest BCUT2D eigenvalue weighted by Crippen LogP contribution is -2.32. The van der Waals surface area contributed by atoms with Gasteiger partial charge in [-0.15, -0.1) is 10.2 Å². The van der Waals surface area contributed by atoms with Crippen LogP contribution < -0.4 is 10.0 Å². The van der Waals surface area contributed by atoms with Gasteiger partial charge in [0.05, 0.1) is 11.3 Å². The Labute approximate surface area is 167 Å². The second-order valence-electron chi connectivity index (χ2n) is 6.41. The molecule has 0 aliphatic carbocycles. The Bertz CT molecular complexity index is 965. The molecule has 0 spiro atoms. The number of nitrogens with one attached hydrogen (secondary N) is 2. The maximum Gasteiger partial charge on any atom is 0.291 e. The highest BCUT2D eigenvalue weighted by Gasteiger charge is 2.25. The number of anilines is 2. The van der Waals surface area contributed by atoms with Crippen LogP contribution in [0.4, 0.5) is 10.8 Å². The fourth-order valence-corrected chi connectivity index (χ4v) is 4.94. The minimum absolute atomic E-state index is 0.0850. The zero-order valence-electron chi connectivity index (χ0n) is 15.3. The van der Waals surface area contributed by atoms with Crippen LogP contribution in [0.2, 0.25) is 0 Å². The van der Waals surface area contributed by atoms with E-state index in [4.69, 9.17) is 0 Å². The zero-order valence-corrected chi connectivity index (χ0v) is 17.0. The van der Waals surface area contributed by atoms with Crippen molar-refractivity contribution in [3.63, 3.8) is 0 Å². The van der Waals surface area contributed by atoms with Crippen molar-refractivity contribution in [1.82, 2.24) is 15.1 Å². The van der Waals surface area contributed by atoms with Gasteiger partial charge in [0.25, 0.3) is 20.3 Å². The van der Waals surface area contributed by atoms with Crippen LogP contribution in [-0.4, -0.2) is 48.4 Å². The van der Waals surface area contributed by atoms with Crippen molar-refractivity contribution in [2.24, 2.45) is 0 Å². The predicted octanol–water partition coefficient (Wildman–Crippen LogP) is 2.31. The Kier molecular flexibility index (Phi) is 6.25. The highest BCUT2D eigenvalue weighted by molar-refractivity contribution is 7.94. The van der Waals surface area contributed by atoms with Crippen molar-refractivity contribution in [1.29, 1.82) is 0 Å². The third kappa shape index (κ3) is 4.84. The van der Waals surface area contributed by atoms with Gasteiger partial charge < -0.3 is 10.2 Å². The molecule has 1 aromatic heterocycles. The molecular weight excluding hydrogens is 402 g/mol. The molecule has 0 radical (unpaired) electrons. The summed E-state index contributed by atoms with van der Waals surface area (Å²) in [6.07, 6.45) is 4.06. The molecule has 1 fully saturated rings. The van der Waals surface area contributed by atoms with Gasteiger partial charge in [0, 0.05) is 20.0 Å². The molecule has 0 unspecified atom stereocenters. The lowest BCUT2D eigenvalue weighted by molar-refractivity contribution is -0.114. The maximum atomic E-state index is 12.9. The Morgan fingerprint density at radius 2 is 1.75 bits per heavy atom. The number of aromatic nitrogens is 2. The van der Waals surface area contributed by atoms with E-state index >= 15 is 0 Å². The molecule has 2 amide bonds. The summed E-state index contributed by atoms with van der Waals surface area (Å²) >= 11 is 0.733. The number of para-hydroxylation sites is 1. The molecule has 2 N–H and O–H groups in total. The minimum Gasteiger partial charge on any atom is -0.339 e. The van der Waals surface area contributed by atoms with Crippen LogP contribution in [-0.2, 0) is 14.8 Å². The number of amides is 2. The fraction of sp³-hybridized carbons (Fsp3) is 0.412. The minimum atomic E-state index is -4.05. The Morgan fingerprint density at radius 1 is 1.07 bits per heavy atom. The third-order valence-electron chi connectivity index (χ3n) is 4.21. The number of rotatable bonds is 5. The van der Waals surface area contributed by atoms with Gasteiger partial charge in [-0.1, -0.05) is 36.3 Å². The SMILES string of the molecule is CC(=O)Nc1nnc(S(=O)(=O)Nc2ccccc2C(=O)N2CCCCCC2)s1. The molecule has 1 saturated heterocycles. The van der Waals surface area contributed by atoms with E-state index in [9.17, 15) is 18.0 Å². The second kappa shape index (κ2) is 8.65. The lowest BCUT2D eigenvalue weighted by atomic mass is 10.1. The molecule has 1 aromatic carbocycles. The first-order chi connectivity index (χ1) is 13.4. The van der Waals surface area contributed by atoms with Crippen molar-refractivity contribution in [2.45, 2.75) is 36.9 Å². The van der Waals surface area contributed by atoms with E-state index in [0.717, 1.165) is 37.0 Å². The van der Waals surface area contributed by atoms with Gasteiger partial charge in [-0.05, 0) is 25.0 Å². The molecule has 150 valence electrons. The van der Waals surface area contributed by atoms with Gasteiger partial charge in [-0.25, -0.2) is 0 Å². The highest BCUT2D eigenvalue weighted by atomic mass is 32.2. The molecule has 0 atom stereocenters. The van der Waals surface area contributed by atoms with Crippen molar-refractivity contribution < 1.29 is 18.0 Å². The van der Waals surface area contributed by atoms with Gasteiger partial charge in [-0.3, -0.25) is 14.3 Å².